The Morgan fingerprint density at radius 3 is 1.32 bits per heavy atom. The van der Waals surface area contributed by atoms with Gasteiger partial charge in [-0.05, 0) is 60.0 Å². The van der Waals surface area contributed by atoms with Crippen molar-refractivity contribution >= 4 is 95.9 Å². The number of nitrogens with zero attached hydrogens (tertiary/aromatic N) is 7. The number of hydrogen-bond donors (Lipinski definition) is 0. The van der Waals surface area contributed by atoms with Gasteiger partial charge in [-0.3, -0.25) is 0 Å². The summed E-state index contributed by atoms with van der Waals surface area (Å²) in [4.78, 5) is 28.8. The summed E-state index contributed by atoms with van der Waals surface area (Å²) in [5.41, 5.74) is 11.0. The maximum atomic E-state index is 4.93. The van der Waals surface area contributed by atoms with Gasteiger partial charge in [0, 0.05) is 90.8 Å². The SMILES string of the molecule is Brc1cccc(-c2nc(-c3ccccc3)nc(-c3ccccc3)n2)c1.C1=Cc2ccc3c(sc4ccccc43)c2C1.c1ccc(-c2nc(-c3ccccc3)nc(-c3cccc(-n4ccc5ccc6c7ccccc7sc6c54)c3)n2)cc1. The third-order valence-electron chi connectivity index (χ3n) is 14.4. The summed E-state index contributed by atoms with van der Waals surface area (Å²) >= 11 is 7.29. The van der Waals surface area contributed by atoms with Crippen molar-refractivity contribution in [2.75, 3.05) is 0 Å². The molecular formula is C71H46BrN7S2. The highest BCUT2D eigenvalue weighted by molar-refractivity contribution is 9.10. The van der Waals surface area contributed by atoms with E-state index in [1.165, 1.54) is 62.4 Å². The highest BCUT2D eigenvalue weighted by atomic mass is 79.9. The number of fused-ring (bicyclic) bond motifs is 10. The number of aromatic nitrogens is 7. The second kappa shape index (κ2) is 21.9. The molecule has 0 atom stereocenters. The van der Waals surface area contributed by atoms with Crippen LogP contribution in [-0.4, -0.2) is 34.5 Å². The Morgan fingerprint density at radius 1 is 0.358 bits per heavy atom. The first kappa shape index (κ1) is 49.7. The van der Waals surface area contributed by atoms with Gasteiger partial charge in [0.25, 0.3) is 0 Å². The van der Waals surface area contributed by atoms with E-state index >= 15 is 0 Å². The Kier molecular flexibility index (Phi) is 13.4. The zero-order valence-corrected chi connectivity index (χ0v) is 46.7. The third-order valence-corrected chi connectivity index (χ3v) is 17.3. The number of rotatable bonds is 7. The molecule has 0 N–H and O–H groups in total. The minimum Gasteiger partial charge on any atom is -0.315 e. The molecular weight excluding hydrogens is 1090 g/mol. The van der Waals surface area contributed by atoms with Crippen LogP contribution in [0.2, 0.25) is 0 Å². The molecule has 0 spiro atoms. The van der Waals surface area contributed by atoms with Crippen LogP contribution < -0.4 is 0 Å². The van der Waals surface area contributed by atoms with Gasteiger partial charge in [0.15, 0.2) is 34.9 Å². The second-order valence-electron chi connectivity index (χ2n) is 19.5. The van der Waals surface area contributed by atoms with Gasteiger partial charge in [0.05, 0.1) is 10.2 Å². The van der Waals surface area contributed by atoms with Crippen LogP contribution in [0.15, 0.2) is 265 Å². The number of allylic oxidation sites excluding steroid dienone is 1. The molecule has 10 heteroatoms. The molecule has 0 unspecified atom stereocenters. The molecule has 0 amide bonds. The van der Waals surface area contributed by atoms with Crippen molar-refractivity contribution < 1.29 is 0 Å². The van der Waals surface area contributed by atoms with Crippen LogP contribution in [0.5, 0.6) is 0 Å². The summed E-state index contributed by atoms with van der Waals surface area (Å²) in [6.07, 6.45) is 7.75. The molecule has 7 nitrogen and oxygen atoms in total. The molecule has 15 aromatic rings. The molecule has 1 aliphatic rings. The van der Waals surface area contributed by atoms with Crippen molar-refractivity contribution in [3.63, 3.8) is 0 Å². The lowest BCUT2D eigenvalue weighted by atomic mass is 10.1. The molecule has 0 bridgehead atoms. The number of halogens is 1. The van der Waals surface area contributed by atoms with E-state index in [-0.39, 0.29) is 0 Å². The van der Waals surface area contributed by atoms with E-state index < -0.39 is 0 Å². The van der Waals surface area contributed by atoms with Crippen molar-refractivity contribution in [1.29, 1.82) is 0 Å². The highest BCUT2D eigenvalue weighted by Crippen LogP contribution is 2.41. The average Bonchev–Trinajstić information content (AvgIpc) is 4.55. The van der Waals surface area contributed by atoms with E-state index in [1.807, 2.05) is 168 Å². The van der Waals surface area contributed by atoms with Crippen LogP contribution >= 0.6 is 38.6 Å². The maximum Gasteiger partial charge on any atom is 0.164 e. The van der Waals surface area contributed by atoms with Gasteiger partial charge in [-0.2, -0.15) is 0 Å². The molecule has 5 aromatic heterocycles. The molecule has 0 aliphatic heterocycles. The fourth-order valence-electron chi connectivity index (χ4n) is 10.4. The van der Waals surface area contributed by atoms with Crippen LogP contribution in [-0.2, 0) is 6.42 Å². The second-order valence-corrected chi connectivity index (χ2v) is 22.5. The zero-order valence-electron chi connectivity index (χ0n) is 43.4. The van der Waals surface area contributed by atoms with Crippen LogP contribution in [0.1, 0.15) is 11.1 Å². The van der Waals surface area contributed by atoms with E-state index in [0.29, 0.717) is 34.9 Å². The normalized spacial score (nSPS) is 11.7. The summed E-state index contributed by atoms with van der Waals surface area (Å²) in [5.74, 6) is 3.97. The Hall–Kier alpha value is -9.58. The Balaban J connectivity index is 0.000000121. The van der Waals surface area contributed by atoms with Gasteiger partial charge in [0.1, 0.15) is 0 Å². The van der Waals surface area contributed by atoms with Gasteiger partial charge < -0.3 is 4.57 Å². The molecule has 16 rings (SSSR count). The predicted molar refractivity (Wildman–Crippen MR) is 342 cm³/mol. The fourth-order valence-corrected chi connectivity index (χ4v) is 13.4. The van der Waals surface area contributed by atoms with Crippen LogP contribution in [0, 0.1) is 0 Å². The monoisotopic (exact) mass is 1140 g/mol. The lowest BCUT2D eigenvalue weighted by molar-refractivity contribution is 1.07. The van der Waals surface area contributed by atoms with Crippen LogP contribution in [0.3, 0.4) is 0 Å². The smallest absolute Gasteiger partial charge is 0.164 e. The topological polar surface area (TPSA) is 82.3 Å². The molecule has 0 saturated heterocycles. The van der Waals surface area contributed by atoms with E-state index in [4.69, 9.17) is 24.9 Å². The molecule has 0 saturated carbocycles. The van der Waals surface area contributed by atoms with Gasteiger partial charge in [0.2, 0.25) is 0 Å². The molecule has 5 heterocycles. The van der Waals surface area contributed by atoms with Gasteiger partial charge >= 0.3 is 0 Å². The summed E-state index contributed by atoms with van der Waals surface area (Å²) in [6, 6.07) is 85.1. The summed E-state index contributed by atoms with van der Waals surface area (Å²) in [5, 5.41) is 6.64. The number of thiophene rings is 2. The minimum absolute atomic E-state index is 0.651. The van der Waals surface area contributed by atoms with Crippen molar-refractivity contribution in [2.24, 2.45) is 0 Å². The summed E-state index contributed by atoms with van der Waals surface area (Å²) in [7, 11) is 0. The largest absolute Gasteiger partial charge is 0.315 e. The first-order chi connectivity index (χ1) is 40.0. The minimum atomic E-state index is 0.651. The Morgan fingerprint density at radius 2 is 0.790 bits per heavy atom. The van der Waals surface area contributed by atoms with E-state index in [9.17, 15) is 0 Å². The van der Waals surface area contributed by atoms with Crippen molar-refractivity contribution in [3.05, 3.63) is 277 Å². The van der Waals surface area contributed by atoms with Crippen molar-refractivity contribution in [2.45, 2.75) is 6.42 Å². The summed E-state index contributed by atoms with van der Waals surface area (Å²) in [6.45, 7) is 0. The maximum absolute atomic E-state index is 4.93. The molecule has 10 aromatic carbocycles. The third kappa shape index (κ3) is 10.0. The highest BCUT2D eigenvalue weighted by Gasteiger charge is 2.18. The molecule has 81 heavy (non-hydrogen) atoms. The van der Waals surface area contributed by atoms with E-state index in [0.717, 1.165) is 50.0 Å². The van der Waals surface area contributed by atoms with E-state index in [2.05, 4.69) is 147 Å². The molecule has 1 aliphatic carbocycles. The molecule has 0 fully saturated rings. The van der Waals surface area contributed by atoms with Crippen molar-refractivity contribution in [1.82, 2.24) is 34.5 Å². The fraction of sp³-hybridized carbons (Fsp3) is 0.0141. The standard InChI is InChI=1S/C35H22N4S.C21H14BrN3.C15H10S/c1-3-10-24(11-4-1)33-36-34(25-12-5-2-6-13-25)38-35(37-33)26-14-9-15-27(22-26)39-21-20-23-18-19-29-28-16-7-8-17-30(28)40-32(29)31(23)39;22-18-13-7-12-17(14-18)21-24-19(15-8-3-1-4-9-15)23-20(25-21)16-10-5-2-6-11-16;1-2-7-14-12(5-1)13-9-8-10-4-3-6-11(10)15(13)16-14/h1-22H;1-14H;1-5,7-9H,6H2. The van der Waals surface area contributed by atoms with Gasteiger partial charge in [-0.15, -0.1) is 22.7 Å². The Labute approximate surface area is 484 Å². The first-order valence-corrected chi connectivity index (χ1v) is 29.1. The summed E-state index contributed by atoms with van der Waals surface area (Å²) < 4.78 is 8.76. The Bertz CT molecular complexity index is 4690. The van der Waals surface area contributed by atoms with E-state index in [1.54, 1.807) is 0 Å². The quantitative estimate of drug-likeness (QED) is 0.158. The van der Waals surface area contributed by atoms with Crippen LogP contribution in [0.4, 0.5) is 0 Å². The lowest BCUT2D eigenvalue weighted by Gasteiger charge is -2.11. The lowest BCUT2D eigenvalue weighted by Crippen LogP contribution is -2.00. The molecule has 384 valence electrons. The van der Waals surface area contributed by atoms with Gasteiger partial charge in [-0.25, -0.2) is 29.9 Å². The number of benzene rings is 10. The predicted octanol–water partition coefficient (Wildman–Crippen LogP) is 19.4. The first-order valence-electron chi connectivity index (χ1n) is 26.7. The molecule has 0 radical (unpaired) electrons. The zero-order chi connectivity index (χ0) is 54.1. The van der Waals surface area contributed by atoms with Crippen LogP contribution in [0.25, 0.3) is 131 Å². The number of hydrogen-bond acceptors (Lipinski definition) is 8. The average molecular weight is 1140 g/mol. The van der Waals surface area contributed by atoms with Gasteiger partial charge in [-0.1, -0.05) is 234 Å². The van der Waals surface area contributed by atoms with Crippen molar-refractivity contribution in [3.8, 4) is 74.0 Å².